The van der Waals surface area contributed by atoms with Crippen LogP contribution in [0.25, 0.3) is 11.3 Å². The van der Waals surface area contributed by atoms with Crippen LogP contribution >= 0.6 is 22.9 Å². The maximum Gasteiger partial charge on any atom is 0.323 e. The Morgan fingerprint density at radius 3 is 2.73 bits per heavy atom. The number of hydrogen-bond donors (Lipinski definition) is 1. The van der Waals surface area contributed by atoms with Gasteiger partial charge in [0.15, 0.2) is 5.13 Å². The topological polar surface area (TPSA) is 74.8 Å². The summed E-state index contributed by atoms with van der Waals surface area (Å²) >= 11 is 7.03. The van der Waals surface area contributed by atoms with E-state index in [1.807, 2.05) is 11.4 Å². The van der Waals surface area contributed by atoms with Crippen molar-refractivity contribution in [2.75, 3.05) is 44.5 Å². The minimum absolute atomic E-state index is 0.0307. The lowest BCUT2D eigenvalue weighted by molar-refractivity contribution is -0.128. The molecule has 9 heteroatoms. The van der Waals surface area contributed by atoms with Crippen molar-refractivity contribution >= 4 is 40.0 Å². The summed E-state index contributed by atoms with van der Waals surface area (Å²) in [5.74, 6) is 0.633. The number of urea groups is 1. The Labute approximate surface area is 186 Å². The van der Waals surface area contributed by atoms with Crippen LogP contribution in [0.15, 0.2) is 23.6 Å². The fourth-order valence-corrected chi connectivity index (χ4v) is 4.35. The third-order valence-electron chi connectivity index (χ3n) is 5.05. The number of halogens is 1. The van der Waals surface area contributed by atoms with Crippen molar-refractivity contribution in [1.29, 1.82) is 0 Å². The van der Waals surface area contributed by atoms with Gasteiger partial charge in [-0.15, -0.1) is 22.9 Å². The van der Waals surface area contributed by atoms with Crippen LogP contribution in [0, 0.1) is 0 Å². The minimum Gasteiger partial charge on any atom is -0.496 e. The first-order valence-electron chi connectivity index (χ1n) is 10.1. The number of anilines is 1. The monoisotopic (exact) mass is 450 g/mol. The van der Waals surface area contributed by atoms with Crippen molar-refractivity contribution in [3.8, 4) is 17.0 Å². The number of nitrogens with zero attached hydrogens (tertiary/aromatic N) is 3. The lowest BCUT2D eigenvalue weighted by Gasteiger charge is -2.21. The predicted octanol–water partition coefficient (Wildman–Crippen LogP) is 4.08. The van der Waals surface area contributed by atoms with E-state index in [2.05, 4.69) is 29.4 Å². The van der Waals surface area contributed by atoms with E-state index in [4.69, 9.17) is 16.3 Å². The molecule has 0 unspecified atom stereocenters. The smallest absolute Gasteiger partial charge is 0.323 e. The maximum atomic E-state index is 12.7. The van der Waals surface area contributed by atoms with Gasteiger partial charge >= 0.3 is 6.03 Å². The molecule has 0 spiro atoms. The van der Waals surface area contributed by atoms with Crippen LogP contribution < -0.4 is 10.1 Å². The highest BCUT2D eigenvalue weighted by Crippen LogP contribution is 2.33. The summed E-state index contributed by atoms with van der Waals surface area (Å²) in [6.07, 6.45) is 2.78. The molecule has 0 radical (unpaired) electrons. The van der Waals surface area contributed by atoms with E-state index in [9.17, 15) is 9.59 Å². The number of amides is 3. The first-order chi connectivity index (χ1) is 14.5. The standard InChI is InChI=1S/C21H27ClN4O3S/c1-3-5-15-6-7-18(29-2)16(12-15)17-14-30-20(23-17)24-21(28)26-9-4-8-25(10-11-26)19(27)13-22/h6-7,12,14H,3-5,8-11,13H2,1-2H3,(H,23,24,28). The first-order valence-corrected chi connectivity index (χ1v) is 11.5. The van der Waals surface area contributed by atoms with Gasteiger partial charge in [-0.05, 0) is 30.5 Å². The molecule has 1 aliphatic heterocycles. The summed E-state index contributed by atoms with van der Waals surface area (Å²) in [4.78, 5) is 32.5. The molecule has 1 aromatic carbocycles. The van der Waals surface area contributed by atoms with Crippen LogP contribution in [0.1, 0.15) is 25.3 Å². The number of aromatic nitrogens is 1. The second-order valence-electron chi connectivity index (χ2n) is 7.11. The Morgan fingerprint density at radius 2 is 2.00 bits per heavy atom. The molecule has 0 atom stereocenters. The highest BCUT2D eigenvalue weighted by Gasteiger charge is 2.22. The Balaban J connectivity index is 1.68. The van der Waals surface area contributed by atoms with Crippen molar-refractivity contribution < 1.29 is 14.3 Å². The molecular weight excluding hydrogens is 424 g/mol. The molecule has 1 aromatic heterocycles. The van der Waals surface area contributed by atoms with Crippen molar-refractivity contribution in [1.82, 2.24) is 14.8 Å². The van der Waals surface area contributed by atoms with Gasteiger partial charge < -0.3 is 14.5 Å². The van der Waals surface area contributed by atoms with Crippen LogP contribution in [0.5, 0.6) is 5.75 Å². The Morgan fingerprint density at radius 1 is 1.23 bits per heavy atom. The first kappa shape index (κ1) is 22.4. The molecule has 0 bridgehead atoms. The Bertz CT molecular complexity index is 889. The molecule has 0 saturated carbocycles. The van der Waals surface area contributed by atoms with Gasteiger partial charge in [-0.25, -0.2) is 9.78 Å². The summed E-state index contributed by atoms with van der Waals surface area (Å²) in [6, 6.07) is 5.92. The summed E-state index contributed by atoms with van der Waals surface area (Å²) in [5, 5.41) is 5.35. The largest absolute Gasteiger partial charge is 0.496 e. The van der Waals surface area contributed by atoms with Gasteiger partial charge in [-0.3, -0.25) is 10.1 Å². The second kappa shape index (κ2) is 10.6. The van der Waals surface area contributed by atoms with Gasteiger partial charge in [0.2, 0.25) is 5.91 Å². The summed E-state index contributed by atoms with van der Waals surface area (Å²) < 4.78 is 5.50. The SMILES string of the molecule is CCCc1ccc(OC)c(-c2csc(NC(=O)N3CCCN(C(=O)CCl)CC3)n2)c1. The zero-order chi connectivity index (χ0) is 21.5. The zero-order valence-corrected chi connectivity index (χ0v) is 18.9. The zero-order valence-electron chi connectivity index (χ0n) is 17.3. The summed E-state index contributed by atoms with van der Waals surface area (Å²) in [7, 11) is 1.64. The van der Waals surface area contributed by atoms with Crippen LogP contribution in [-0.2, 0) is 11.2 Å². The molecule has 1 N–H and O–H groups in total. The summed E-state index contributed by atoms with van der Waals surface area (Å²) in [6.45, 7) is 4.31. The normalized spacial score (nSPS) is 14.4. The number of aryl methyl sites for hydroxylation is 1. The molecule has 1 saturated heterocycles. The molecule has 2 aromatic rings. The Kier molecular flexibility index (Phi) is 7.93. The van der Waals surface area contributed by atoms with E-state index in [1.165, 1.54) is 16.9 Å². The number of nitrogens with one attached hydrogen (secondary N) is 1. The average molecular weight is 451 g/mol. The lowest BCUT2D eigenvalue weighted by Crippen LogP contribution is -2.39. The molecule has 3 rings (SSSR count). The molecule has 3 amide bonds. The van der Waals surface area contributed by atoms with Gasteiger partial charge in [0.05, 0.1) is 12.8 Å². The molecule has 2 heterocycles. The third-order valence-corrected chi connectivity index (χ3v) is 6.03. The van der Waals surface area contributed by atoms with Crippen LogP contribution in [0.4, 0.5) is 9.93 Å². The van der Waals surface area contributed by atoms with Gasteiger partial charge in [0, 0.05) is 37.1 Å². The number of alkyl halides is 1. The second-order valence-corrected chi connectivity index (χ2v) is 8.23. The van der Waals surface area contributed by atoms with E-state index in [0.717, 1.165) is 36.3 Å². The van der Waals surface area contributed by atoms with Crippen molar-refractivity contribution in [2.24, 2.45) is 0 Å². The maximum absolute atomic E-state index is 12.7. The summed E-state index contributed by atoms with van der Waals surface area (Å²) in [5.41, 5.74) is 2.93. The molecular formula is C21H27ClN4O3S. The number of benzene rings is 1. The number of ether oxygens (including phenoxy) is 1. The van der Waals surface area contributed by atoms with Gasteiger partial charge in [-0.1, -0.05) is 19.4 Å². The highest BCUT2D eigenvalue weighted by atomic mass is 35.5. The number of thiazole rings is 1. The van der Waals surface area contributed by atoms with Crippen molar-refractivity contribution in [2.45, 2.75) is 26.2 Å². The molecule has 0 aliphatic carbocycles. The number of carbonyl (C=O) groups excluding carboxylic acids is 2. The van der Waals surface area contributed by atoms with Crippen molar-refractivity contribution in [3.05, 3.63) is 29.1 Å². The predicted molar refractivity (Wildman–Crippen MR) is 121 cm³/mol. The van der Waals surface area contributed by atoms with Gasteiger partial charge in [0.25, 0.3) is 0 Å². The van der Waals surface area contributed by atoms with E-state index in [-0.39, 0.29) is 17.8 Å². The molecule has 1 fully saturated rings. The molecule has 7 nitrogen and oxygen atoms in total. The van der Waals surface area contributed by atoms with E-state index >= 15 is 0 Å². The van der Waals surface area contributed by atoms with Crippen LogP contribution in [0.3, 0.4) is 0 Å². The molecule has 162 valence electrons. The fourth-order valence-electron chi connectivity index (χ4n) is 3.48. The van der Waals surface area contributed by atoms with Crippen LogP contribution in [-0.4, -0.2) is 65.9 Å². The molecule has 1 aliphatic rings. The van der Waals surface area contributed by atoms with E-state index < -0.39 is 0 Å². The number of hydrogen-bond acceptors (Lipinski definition) is 5. The van der Waals surface area contributed by atoms with Crippen molar-refractivity contribution in [3.63, 3.8) is 0 Å². The third kappa shape index (κ3) is 5.43. The molecule has 30 heavy (non-hydrogen) atoms. The number of rotatable bonds is 6. The lowest BCUT2D eigenvalue weighted by atomic mass is 10.0. The van der Waals surface area contributed by atoms with E-state index in [0.29, 0.717) is 31.3 Å². The quantitative estimate of drug-likeness (QED) is 0.673. The minimum atomic E-state index is -0.206. The van der Waals surface area contributed by atoms with Gasteiger partial charge in [0.1, 0.15) is 11.6 Å². The van der Waals surface area contributed by atoms with Gasteiger partial charge in [-0.2, -0.15) is 0 Å². The Hall–Kier alpha value is -2.32. The van der Waals surface area contributed by atoms with E-state index in [1.54, 1.807) is 16.9 Å². The fraction of sp³-hybridized carbons (Fsp3) is 0.476. The number of methoxy groups -OCH3 is 1. The van der Waals surface area contributed by atoms with Crippen LogP contribution in [0.2, 0.25) is 0 Å². The average Bonchev–Trinajstić information content (AvgIpc) is 3.07. The highest BCUT2D eigenvalue weighted by molar-refractivity contribution is 7.14. The number of carbonyl (C=O) groups is 2.